The van der Waals surface area contributed by atoms with Gasteiger partial charge in [0.05, 0.1) is 0 Å². The van der Waals surface area contributed by atoms with Crippen LogP contribution in [0.2, 0.25) is 0 Å². The van der Waals surface area contributed by atoms with Crippen LogP contribution in [-0.4, -0.2) is 5.78 Å². The summed E-state index contributed by atoms with van der Waals surface area (Å²) in [4.78, 5) is 11.7. The van der Waals surface area contributed by atoms with Gasteiger partial charge in [-0.25, -0.2) is 0 Å². The smallest absolute Gasteiger partial charge is 0.160 e. The number of rotatable bonds is 0. The van der Waals surface area contributed by atoms with Crippen molar-refractivity contribution in [2.45, 2.75) is 39.0 Å². The monoisotopic (exact) mass is 198 g/mol. The van der Waals surface area contributed by atoms with Gasteiger partial charge < -0.3 is 0 Å². The Bertz CT molecular complexity index is 269. The first-order valence-corrected chi connectivity index (χ1v) is 5.39. The van der Waals surface area contributed by atoms with Crippen molar-refractivity contribution in [1.29, 1.82) is 0 Å². The molecule has 0 bridgehead atoms. The fourth-order valence-corrected chi connectivity index (χ4v) is 3.20. The molecular formula is C11H15ClO. The SMILES string of the molecule is CC12CCCCC1C(=O)C=C(Cl)C2. The lowest BCUT2D eigenvalue weighted by Crippen LogP contribution is -2.38. The zero-order chi connectivity index (χ0) is 9.47. The van der Waals surface area contributed by atoms with Gasteiger partial charge in [0.2, 0.25) is 0 Å². The normalized spacial score (nSPS) is 39.7. The Labute approximate surface area is 84.2 Å². The predicted molar refractivity (Wildman–Crippen MR) is 53.6 cm³/mol. The Morgan fingerprint density at radius 3 is 3.08 bits per heavy atom. The second-order valence-corrected chi connectivity index (χ2v) is 5.11. The zero-order valence-corrected chi connectivity index (χ0v) is 8.73. The summed E-state index contributed by atoms with van der Waals surface area (Å²) in [6.07, 6.45) is 7.23. The Balaban J connectivity index is 2.30. The topological polar surface area (TPSA) is 17.1 Å². The maximum absolute atomic E-state index is 11.7. The molecule has 2 aliphatic carbocycles. The Hall–Kier alpha value is -0.300. The fourth-order valence-electron chi connectivity index (χ4n) is 2.79. The molecule has 0 radical (unpaired) electrons. The molecule has 72 valence electrons. The highest BCUT2D eigenvalue weighted by atomic mass is 35.5. The molecule has 1 nitrogen and oxygen atoms in total. The van der Waals surface area contributed by atoms with Crippen molar-refractivity contribution < 1.29 is 4.79 Å². The van der Waals surface area contributed by atoms with E-state index in [1.165, 1.54) is 12.8 Å². The van der Waals surface area contributed by atoms with Crippen LogP contribution in [0.5, 0.6) is 0 Å². The molecule has 1 fully saturated rings. The molecule has 0 aliphatic heterocycles. The van der Waals surface area contributed by atoms with Crippen LogP contribution >= 0.6 is 11.6 Å². The molecule has 0 N–H and O–H groups in total. The zero-order valence-electron chi connectivity index (χ0n) is 7.98. The molecule has 2 unspecified atom stereocenters. The molecule has 2 atom stereocenters. The van der Waals surface area contributed by atoms with Crippen molar-refractivity contribution in [2.75, 3.05) is 0 Å². The van der Waals surface area contributed by atoms with Gasteiger partial charge >= 0.3 is 0 Å². The number of fused-ring (bicyclic) bond motifs is 1. The standard InChI is InChI=1S/C11H15ClO/c1-11-5-3-2-4-9(11)10(13)6-8(12)7-11/h6,9H,2-5,7H2,1H3. The van der Waals surface area contributed by atoms with Crippen LogP contribution in [0.3, 0.4) is 0 Å². The van der Waals surface area contributed by atoms with E-state index < -0.39 is 0 Å². The van der Waals surface area contributed by atoms with Crippen molar-refractivity contribution in [1.82, 2.24) is 0 Å². The van der Waals surface area contributed by atoms with Crippen LogP contribution in [0.4, 0.5) is 0 Å². The largest absolute Gasteiger partial charge is 0.294 e. The van der Waals surface area contributed by atoms with Gasteiger partial charge in [-0.05, 0) is 30.8 Å². The lowest BCUT2D eigenvalue weighted by molar-refractivity contribution is -0.124. The number of halogens is 1. The summed E-state index contributed by atoms with van der Waals surface area (Å²) < 4.78 is 0. The van der Waals surface area contributed by atoms with Crippen molar-refractivity contribution >= 4 is 17.4 Å². The molecule has 0 amide bonds. The highest BCUT2D eigenvalue weighted by molar-refractivity contribution is 6.31. The van der Waals surface area contributed by atoms with E-state index in [1.807, 2.05) is 0 Å². The molecule has 1 saturated carbocycles. The number of hydrogen-bond acceptors (Lipinski definition) is 1. The first kappa shape index (κ1) is 9.26. The molecule has 0 aromatic heterocycles. The second-order valence-electron chi connectivity index (χ2n) is 4.62. The highest BCUT2D eigenvalue weighted by Crippen LogP contribution is 2.49. The van der Waals surface area contributed by atoms with Crippen LogP contribution in [0.25, 0.3) is 0 Å². The number of hydrogen-bond donors (Lipinski definition) is 0. The fraction of sp³-hybridized carbons (Fsp3) is 0.727. The number of carbonyl (C=O) groups excluding carboxylic acids is 1. The third kappa shape index (κ3) is 1.54. The average molecular weight is 199 g/mol. The second kappa shape index (κ2) is 3.13. The minimum absolute atomic E-state index is 0.168. The summed E-state index contributed by atoms with van der Waals surface area (Å²) in [6, 6.07) is 0. The van der Waals surface area contributed by atoms with E-state index in [9.17, 15) is 4.79 Å². The molecular weight excluding hydrogens is 184 g/mol. The van der Waals surface area contributed by atoms with Gasteiger partial charge in [0, 0.05) is 11.0 Å². The Kier molecular flexibility index (Phi) is 2.23. The molecule has 0 aromatic rings. The van der Waals surface area contributed by atoms with E-state index in [-0.39, 0.29) is 17.1 Å². The van der Waals surface area contributed by atoms with Crippen LogP contribution in [0, 0.1) is 11.3 Å². The average Bonchev–Trinajstić information content (AvgIpc) is 2.01. The number of carbonyl (C=O) groups is 1. The summed E-state index contributed by atoms with van der Waals surface area (Å²) in [5, 5.41) is 0.755. The maximum atomic E-state index is 11.7. The van der Waals surface area contributed by atoms with E-state index in [4.69, 9.17) is 11.6 Å². The molecule has 0 saturated heterocycles. The van der Waals surface area contributed by atoms with Crippen LogP contribution < -0.4 is 0 Å². The van der Waals surface area contributed by atoms with Gasteiger partial charge in [-0.2, -0.15) is 0 Å². The van der Waals surface area contributed by atoms with Gasteiger partial charge in [0.1, 0.15) is 0 Å². The molecule has 2 aliphatic rings. The first-order valence-electron chi connectivity index (χ1n) is 5.02. The minimum atomic E-state index is 0.168. The Morgan fingerprint density at radius 1 is 1.54 bits per heavy atom. The predicted octanol–water partition coefficient (Wildman–Crippen LogP) is 3.28. The lowest BCUT2D eigenvalue weighted by atomic mass is 9.62. The van der Waals surface area contributed by atoms with Gasteiger partial charge in [-0.15, -0.1) is 0 Å². The molecule has 0 heterocycles. The van der Waals surface area contributed by atoms with E-state index >= 15 is 0 Å². The molecule has 2 heteroatoms. The van der Waals surface area contributed by atoms with E-state index in [1.54, 1.807) is 6.08 Å². The van der Waals surface area contributed by atoms with Gasteiger partial charge in [-0.3, -0.25) is 4.79 Å². The summed E-state index contributed by atoms with van der Waals surface area (Å²) in [5.41, 5.74) is 0.168. The third-order valence-electron chi connectivity index (χ3n) is 3.55. The molecule has 0 spiro atoms. The van der Waals surface area contributed by atoms with Gasteiger partial charge in [0.25, 0.3) is 0 Å². The van der Waals surface area contributed by atoms with Crippen molar-refractivity contribution in [3.8, 4) is 0 Å². The van der Waals surface area contributed by atoms with Crippen LogP contribution in [0.1, 0.15) is 39.0 Å². The summed E-state index contributed by atoms with van der Waals surface area (Å²) >= 11 is 5.96. The molecule has 13 heavy (non-hydrogen) atoms. The number of allylic oxidation sites excluding steroid dienone is 2. The summed E-state index contributed by atoms with van der Waals surface area (Å²) in [7, 11) is 0. The van der Waals surface area contributed by atoms with Gasteiger partial charge in [0.15, 0.2) is 5.78 Å². The molecule has 0 aromatic carbocycles. The Morgan fingerprint density at radius 2 is 2.31 bits per heavy atom. The maximum Gasteiger partial charge on any atom is 0.160 e. The van der Waals surface area contributed by atoms with Crippen molar-refractivity contribution in [3.05, 3.63) is 11.1 Å². The summed E-state index contributed by atoms with van der Waals surface area (Å²) in [5.74, 6) is 0.516. The summed E-state index contributed by atoms with van der Waals surface area (Å²) in [6.45, 7) is 2.21. The highest BCUT2D eigenvalue weighted by Gasteiger charge is 2.42. The van der Waals surface area contributed by atoms with Crippen molar-refractivity contribution in [2.24, 2.45) is 11.3 Å². The lowest BCUT2D eigenvalue weighted by Gasteiger charge is -2.42. The minimum Gasteiger partial charge on any atom is -0.294 e. The number of ketones is 1. The van der Waals surface area contributed by atoms with Crippen molar-refractivity contribution in [3.63, 3.8) is 0 Å². The van der Waals surface area contributed by atoms with Gasteiger partial charge in [-0.1, -0.05) is 31.4 Å². The quantitative estimate of drug-likeness (QED) is 0.584. The van der Waals surface area contributed by atoms with Crippen LogP contribution in [0.15, 0.2) is 11.1 Å². The van der Waals surface area contributed by atoms with E-state index in [2.05, 4.69) is 6.92 Å². The third-order valence-corrected chi connectivity index (χ3v) is 3.79. The van der Waals surface area contributed by atoms with Crippen LogP contribution in [-0.2, 0) is 4.79 Å². The first-order chi connectivity index (χ1) is 6.12. The van der Waals surface area contributed by atoms with E-state index in [0.29, 0.717) is 0 Å². The molecule has 2 rings (SSSR count). The van der Waals surface area contributed by atoms with E-state index in [0.717, 1.165) is 24.3 Å².